The van der Waals surface area contributed by atoms with Gasteiger partial charge in [-0.1, -0.05) is 6.07 Å². The van der Waals surface area contributed by atoms with Crippen LogP contribution in [0.2, 0.25) is 0 Å². The average Bonchev–Trinajstić information content (AvgIpc) is 2.69. The number of rotatable bonds is 7. The zero-order valence-electron chi connectivity index (χ0n) is 16.8. The number of fused-ring (bicyclic) bond motifs is 1. The van der Waals surface area contributed by atoms with Gasteiger partial charge in [0, 0.05) is 11.8 Å². The molecule has 3 aromatic carbocycles. The van der Waals surface area contributed by atoms with Crippen molar-refractivity contribution in [1.82, 2.24) is 0 Å². The maximum Gasteiger partial charge on any atom is 0.296 e. The number of anilines is 2. The van der Waals surface area contributed by atoms with E-state index in [9.17, 15) is 44.7 Å². The second-order valence-corrected chi connectivity index (χ2v) is 11.2. The number of phenolic OH excluding ortho intramolecular Hbond substituents is 1. The minimum Gasteiger partial charge on any atom is -0.507 e. The number of hydrogen-bond acceptors (Lipinski definition) is 12. The lowest BCUT2D eigenvalue weighted by Crippen LogP contribution is -2.10. The van der Waals surface area contributed by atoms with Gasteiger partial charge < -0.3 is 29.8 Å². The van der Waals surface area contributed by atoms with Gasteiger partial charge >= 0.3 is 0 Å². The minimum absolute atomic E-state index is 0.00244. The molecule has 0 bridgehead atoms. The normalized spacial score (nSPS) is 13.4. The highest BCUT2D eigenvalue weighted by atomic mass is 32.3. The van der Waals surface area contributed by atoms with Gasteiger partial charge in [-0.2, -0.15) is 16.8 Å². The molecule has 34 heavy (non-hydrogen) atoms. The summed E-state index contributed by atoms with van der Waals surface area (Å²) in [6.45, 7) is 0. The summed E-state index contributed by atoms with van der Waals surface area (Å²) >= 11 is 0. The van der Waals surface area contributed by atoms with Gasteiger partial charge in [0.25, 0.3) is 20.2 Å². The molecule has 0 spiro atoms. The number of benzene rings is 3. The molecule has 0 aliphatic carbocycles. The summed E-state index contributed by atoms with van der Waals surface area (Å²) in [7, 11) is -13.5. The number of hydrogen-bond donors (Lipinski definition) is 8. The largest absolute Gasteiger partial charge is 0.507 e. The van der Waals surface area contributed by atoms with E-state index in [2.05, 4.69) is 15.5 Å². The van der Waals surface area contributed by atoms with Crippen molar-refractivity contribution in [2.45, 2.75) is 9.79 Å². The number of phenols is 1. The third kappa shape index (κ3) is 5.90. The first kappa shape index (κ1) is 25.6. The summed E-state index contributed by atoms with van der Waals surface area (Å²) in [6, 6.07) is 7.65. The molecule has 184 valence electrons. The SMILES string of the molecule is Nc1ccc(N=Nc2c(NCS(O)(O)O)ccc3cc(S(=O)(=O)O)cc(O)c23)c(S(=O)(=O)O)c1. The van der Waals surface area contributed by atoms with Crippen molar-refractivity contribution in [2.24, 2.45) is 10.2 Å². The highest BCUT2D eigenvalue weighted by Crippen LogP contribution is 2.43. The van der Waals surface area contributed by atoms with Crippen molar-refractivity contribution < 1.29 is 44.7 Å². The van der Waals surface area contributed by atoms with Gasteiger partial charge in [0.05, 0.1) is 16.0 Å². The molecule has 3 aromatic rings. The lowest BCUT2D eigenvalue weighted by Gasteiger charge is -2.21. The Morgan fingerprint density at radius 1 is 0.853 bits per heavy atom. The van der Waals surface area contributed by atoms with Crippen LogP contribution < -0.4 is 11.1 Å². The summed E-state index contributed by atoms with van der Waals surface area (Å²) in [5, 5.41) is 20.5. The van der Waals surface area contributed by atoms with Gasteiger partial charge in [-0.25, -0.2) is 0 Å². The van der Waals surface area contributed by atoms with Crippen LogP contribution in [0, 0.1) is 0 Å². The summed E-state index contributed by atoms with van der Waals surface area (Å²) in [5.41, 5.74) is 4.93. The molecule has 0 fully saturated rings. The van der Waals surface area contributed by atoms with Crippen LogP contribution in [0.3, 0.4) is 0 Å². The van der Waals surface area contributed by atoms with Crippen LogP contribution >= 0.6 is 10.9 Å². The van der Waals surface area contributed by atoms with Crippen LogP contribution in [-0.4, -0.2) is 50.6 Å². The number of nitrogen functional groups attached to an aromatic ring is 1. The Morgan fingerprint density at radius 3 is 2.12 bits per heavy atom. The van der Waals surface area contributed by atoms with Crippen LogP contribution in [0.5, 0.6) is 5.75 Å². The summed E-state index contributed by atoms with van der Waals surface area (Å²) < 4.78 is 92.8. The van der Waals surface area contributed by atoms with E-state index in [4.69, 9.17) is 5.73 Å². The van der Waals surface area contributed by atoms with Crippen LogP contribution in [0.25, 0.3) is 10.8 Å². The molecule has 17 heteroatoms. The number of aromatic hydroxyl groups is 1. The summed E-state index contributed by atoms with van der Waals surface area (Å²) in [4.78, 5) is -1.30. The van der Waals surface area contributed by atoms with Crippen LogP contribution in [0.4, 0.5) is 22.7 Å². The second kappa shape index (κ2) is 8.96. The standard InChI is InChI=1S/C17H18N4O10S3/c18-10-2-4-12(15(6-10)34(29,30)31)20-21-17-13(19-8-32(23,24)25)3-1-9-5-11(33(26,27)28)7-14(22)16(9)17/h1-7,19,22-25H,8,18H2,(H,26,27,28)(H,29,30,31). The zero-order valence-corrected chi connectivity index (χ0v) is 19.2. The molecule has 3 rings (SSSR count). The highest BCUT2D eigenvalue weighted by Gasteiger charge is 2.20. The van der Waals surface area contributed by atoms with Gasteiger partial charge in [0.15, 0.2) is 0 Å². The van der Waals surface area contributed by atoms with E-state index in [0.29, 0.717) is 0 Å². The molecule has 0 aromatic heterocycles. The van der Waals surface area contributed by atoms with E-state index in [1.54, 1.807) is 0 Å². The molecular formula is C17H18N4O10S3. The Bertz CT molecular complexity index is 1520. The Balaban J connectivity index is 2.27. The molecule has 0 amide bonds. The fourth-order valence-electron chi connectivity index (χ4n) is 2.89. The third-order valence-corrected chi connectivity index (χ3v) is 6.56. The van der Waals surface area contributed by atoms with Crippen molar-refractivity contribution in [2.75, 3.05) is 16.9 Å². The Labute approximate surface area is 194 Å². The van der Waals surface area contributed by atoms with E-state index < -0.39 is 52.5 Å². The van der Waals surface area contributed by atoms with Crippen molar-refractivity contribution in [3.8, 4) is 5.75 Å². The zero-order chi connectivity index (χ0) is 25.5. The molecule has 0 radical (unpaired) electrons. The highest BCUT2D eigenvalue weighted by molar-refractivity contribution is 8.19. The van der Waals surface area contributed by atoms with Gasteiger partial charge in [0.2, 0.25) is 0 Å². The fraction of sp³-hybridized carbons (Fsp3) is 0.0588. The average molecular weight is 535 g/mol. The molecule has 9 N–H and O–H groups in total. The van der Waals surface area contributed by atoms with E-state index in [1.165, 1.54) is 18.2 Å². The molecule has 0 unspecified atom stereocenters. The minimum atomic E-state index is -4.76. The first-order valence-corrected chi connectivity index (χ1v) is 13.4. The smallest absolute Gasteiger partial charge is 0.296 e. The number of nitrogens with two attached hydrogens (primary N) is 1. The number of nitrogens with one attached hydrogen (secondary N) is 1. The van der Waals surface area contributed by atoms with Gasteiger partial charge in [-0.3, -0.25) is 9.11 Å². The van der Waals surface area contributed by atoms with Crippen molar-refractivity contribution in [1.29, 1.82) is 0 Å². The molecule has 0 atom stereocenters. The van der Waals surface area contributed by atoms with Crippen molar-refractivity contribution in [3.05, 3.63) is 42.5 Å². The lowest BCUT2D eigenvalue weighted by atomic mass is 10.1. The molecule has 0 saturated carbocycles. The van der Waals surface area contributed by atoms with Crippen molar-refractivity contribution in [3.63, 3.8) is 0 Å². The number of azo groups is 1. The molecule has 0 aliphatic heterocycles. The quantitative estimate of drug-likeness (QED) is 0.123. The lowest BCUT2D eigenvalue weighted by molar-refractivity contribution is 0.378. The topological polar surface area (TPSA) is 252 Å². The summed E-state index contributed by atoms with van der Waals surface area (Å²) in [6.07, 6.45) is 0. The first-order valence-electron chi connectivity index (χ1n) is 8.84. The Hall–Kier alpha value is -3.03. The van der Waals surface area contributed by atoms with Crippen LogP contribution in [0.1, 0.15) is 0 Å². The van der Waals surface area contributed by atoms with Gasteiger partial charge in [-0.15, -0.1) is 10.2 Å². The molecule has 14 nitrogen and oxygen atoms in total. The second-order valence-electron chi connectivity index (χ2n) is 6.83. The van der Waals surface area contributed by atoms with Crippen molar-refractivity contribution >= 4 is 64.6 Å². The maximum atomic E-state index is 11.7. The predicted molar refractivity (Wildman–Crippen MR) is 124 cm³/mol. The maximum absolute atomic E-state index is 11.7. The monoisotopic (exact) mass is 534 g/mol. The Morgan fingerprint density at radius 2 is 1.53 bits per heavy atom. The van der Waals surface area contributed by atoms with E-state index in [-0.39, 0.29) is 33.5 Å². The molecule has 0 aliphatic rings. The number of nitrogens with zero attached hydrogens (tertiary/aromatic N) is 2. The van der Waals surface area contributed by atoms with E-state index >= 15 is 0 Å². The fourth-order valence-corrected chi connectivity index (χ4v) is 4.44. The van der Waals surface area contributed by atoms with E-state index in [0.717, 1.165) is 24.3 Å². The third-order valence-electron chi connectivity index (χ3n) is 4.32. The summed E-state index contributed by atoms with van der Waals surface area (Å²) in [5.74, 6) is -1.44. The van der Waals surface area contributed by atoms with Gasteiger partial charge in [0.1, 0.15) is 38.8 Å². The first-order chi connectivity index (χ1) is 15.6. The van der Waals surface area contributed by atoms with E-state index in [1.807, 2.05) is 0 Å². The molecular weight excluding hydrogens is 516 g/mol. The Kier molecular flexibility index (Phi) is 6.75. The van der Waals surface area contributed by atoms with Gasteiger partial charge in [-0.05, 0) is 35.7 Å². The molecule has 0 saturated heterocycles. The van der Waals surface area contributed by atoms with Crippen LogP contribution in [0.15, 0.2) is 62.5 Å². The molecule has 0 heterocycles. The van der Waals surface area contributed by atoms with Crippen LogP contribution in [-0.2, 0) is 20.2 Å². The predicted octanol–water partition coefficient (Wildman–Crippen LogP) is 3.63.